The summed E-state index contributed by atoms with van der Waals surface area (Å²) in [4.78, 5) is 0.671. The lowest BCUT2D eigenvalue weighted by atomic mass is 9.97. The molecule has 0 spiro atoms. The molecule has 0 saturated heterocycles. The summed E-state index contributed by atoms with van der Waals surface area (Å²) in [6.45, 7) is 2.69. The Morgan fingerprint density at radius 2 is 1.89 bits per heavy atom. The summed E-state index contributed by atoms with van der Waals surface area (Å²) in [6, 6.07) is 11.3. The Morgan fingerprint density at radius 1 is 1.16 bits per heavy atom. The predicted molar refractivity (Wildman–Crippen MR) is 76.2 cm³/mol. The van der Waals surface area contributed by atoms with Gasteiger partial charge in [0.05, 0.1) is 17.9 Å². The lowest BCUT2D eigenvalue weighted by molar-refractivity contribution is 0.463. The van der Waals surface area contributed by atoms with Crippen LogP contribution in [-0.2, 0) is 17.9 Å². The fourth-order valence-electron chi connectivity index (χ4n) is 2.46. The van der Waals surface area contributed by atoms with E-state index in [1.165, 1.54) is 11.1 Å². The molecule has 3 nitrogen and oxygen atoms in total. The zero-order valence-electron chi connectivity index (χ0n) is 10.9. The van der Waals surface area contributed by atoms with Crippen molar-refractivity contribution < 1.29 is 9.66 Å². The van der Waals surface area contributed by atoms with E-state index in [-0.39, 0.29) is 5.75 Å². The number of hydrogen-bond donors (Lipinski definition) is 1. The molecule has 1 atom stereocenters. The number of fused-ring (bicyclic) bond motifs is 3. The van der Waals surface area contributed by atoms with Crippen LogP contribution in [0.15, 0.2) is 41.3 Å². The van der Waals surface area contributed by atoms with Gasteiger partial charge < -0.3 is 9.66 Å². The highest BCUT2D eigenvalue weighted by Gasteiger charge is 2.29. The molecule has 98 valence electrons. The third kappa shape index (κ3) is 2.12. The van der Waals surface area contributed by atoms with Crippen LogP contribution in [0.5, 0.6) is 5.75 Å². The molecule has 1 aliphatic rings. The number of aromatic hydroxyl groups is 1. The second-order valence-electron chi connectivity index (χ2n) is 4.88. The summed E-state index contributed by atoms with van der Waals surface area (Å²) in [7, 11) is 1.83. The first-order chi connectivity index (χ1) is 9.06. The molecule has 0 fully saturated rings. The van der Waals surface area contributed by atoms with Crippen LogP contribution in [0.2, 0.25) is 0 Å². The van der Waals surface area contributed by atoms with E-state index in [2.05, 4.69) is 25.1 Å². The molecule has 0 saturated carbocycles. The monoisotopic (exact) mass is 273 g/mol. The lowest BCUT2D eigenvalue weighted by Gasteiger charge is -2.18. The SMILES string of the molecule is Cc1ccc2c(c1)CN(C)[S+]([O-])c1cc(O)ccc1-2. The number of phenolic OH excluding ortho intramolecular Hbond substituents is 1. The molecule has 3 rings (SSSR count). The van der Waals surface area contributed by atoms with Gasteiger partial charge in [-0.2, -0.15) is 0 Å². The molecule has 19 heavy (non-hydrogen) atoms. The molecule has 1 unspecified atom stereocenters. The molecular formula is C15H15NO2S. The van der Waals surface area contributed by atoms with Gasteiger partial charge in [0.15, 0.2) is 4.90 Å². The fourth-order valence-corrected chi connectivity index (χ4v) is 3.64. The van der Waals surface area contributed by atoms with Crippen LogP contribution < -0.4 is 0 Å². The highest BCUT2D eigenvalue weighted by Crippen LogP contribution is 2.37. The van der Waals surface area contributed by atoms with Gasteiger partial charge >= 0.3 is 0 Å². The highest BCUT2D eigenvalue weighted by atomic mass is 32.2. The Kier molecular flexibility index (Phi) is 3.01. The molecule has 0 amide bonds. The molecule has 0 radical (unpaired) electrons. The summed E-state index contributed by atoms with van der Waals surface area (Å²) in [5.74, 6) is 0.149. The normalized spacial score (nSPS) is 18.6. The second kappa shape index (κ2) is 4.56. The van der Waals surface area contributed by atoms with Gasteiger partial charge in [0.25, 0.3) is 0 Å². The van der Waals surface area contributed by atoms with Crippen molar-refractivity contribution >= 4 is 11.4 Å². The van der Waals surface area contributed by atoms with E-state index in [4.69, 9.17) is 0 Å². The Balaban J connectivity index is 2.29. The minimum atomic E-state index is -1.25. The molecule has 1 aliphatic heterocycles. The Bertz CT molecular complexity index is 642. The maximum atomic E-state index is 12.5. The smallest absolute Gasteiger partial charge is 0.185 e. The average Bonchev–Trinajstić information content (AvgIpc) is 2.47. The van der Waals surface area contributed by atoms with Crippen molar-refractivity contribution in [1.29, 1.82) is 0 Å². The number of phenols is 1. The topological polar surface area (TPSA) is 46.5 Å². The van der Waals surface area contributed by atoms with Crippen molar-refractivity contribution in [2.24, 2.45) is 0 Å². The van der Waals surface area contributed by atoms with Crippen LogP contribution >= 0.6 is 0 Å². The predicted octanol–water partition coefficient (Wildman–Crippen LogP) is 2.84. The van der Waals surface area contributed by atoms with Gasteiger partial charge in [-0.15, -0.1) is 4.31 Å². The third-order valence-electron chi connectivity index (χ3n) is 3.38. The molecule has 0 aliphatic carbocycles. The van der Waals surface area contributed by atoms with E-state index in [0.717, 1.165) is 11.1 Å². The molecular weight excluding hydrogens is 258 g/mol. The maximum Gasteiger partial charge on any atom is 0.185 e. The summed E-state index contributed by atoms with van der Waals surface area (Å²) < 4.78 is 14.3. The van der Waals surface area contributed by atoms with Crippen molar-refractivity contribution in [3.05, 3.63) is 47.5 Å². The van der Waals surface area contributed by atoms with Crippen LogP contribution in [0.4, 0.5) is 0 Å². The molecule has 1 heterocycles. The van der Waals surface area contributed by atoms with Crippen LogP contribution in [-0.4, -0.2) is 21.0 Å². The molecule has 4 heteroatoms. The molecule has 1 N–H and O–H groups in total. The maximum absolute atomic E-state index is 12.5. The van der Waals surface area contributed by atoms with E-state index in [0.29, 0.717) is 11.4 Å². The van der Waals surface area contributed by atoms with Gasteiger partial charge in [-0.25, -0.2) is 0 Å². The third-order valence-corrected chi connectivity index (χ3v) is 4.79. The molecule has 2 aromatic carbocycles. The number of nitrogens with zero attached hydrogens (tertiary/aromatic N) is 1. The minimum absolute atomic E-state index is 0.149. The van der Waals surface area contributed by atoms with E-state index in [9.17, 15) is 9.66 Å². The number of aryl methyl sites for hydroxylation is 1. The molecule has 0 bridgehead atoms. The number of rotatable bonds is 0. The van der Waals surface area contributed by atoms with E-state index >= 15 is 0 Å². The zero-order valence-corrected chi connectivity index (χ0v) is 11.7. The number of benzene rings is 2. The van der Waals surface area contributed by atoms with Crippen molar-refractivity contribution in [2.45, 2.75) is 18.4 Å². The van der Waals surface area contributed by atoms with Gasteiger partial charge in [0.2, 0.25) is 0 Å². The summed E-state index contributed by atoms with van der Waals surface area (Å²) in [6.07, 6.45) is 0. The van der Waals surface area contributed by atoms with Gasteiger partial charge in [-0.05, 0) is 30.2 Å². The van der Waals surface area contributed by atoms with Crippen molar-refractivity contribution in [3.8, 4) is 16.9 Å². The zero-order chi connectivity index (χ0) is 13.6. The Labute approximate surface area is 115 Å². The fraction of sp³-hybridized carbons (Fsp3) is 0.200. The largest absolute Gasteiger partial charge is 0.593 e. The summed E-state index contributed by atoms with van der Waals surface area (Å²) in [5.41, 5.74) is 4.40. The van der Waals surface area contributed by atoms with Gasteiger partial charge in [0.1, 0.15) is 5.75 Å². The Morgan fingerprint density at radius 3 is 2.68 bits per heavy atom. The second-order valence-corrected chi connectivity index (χ2v) is 6.44. The average molecular weight is 273 g/mol. The molecule has 2 aromatic rings. The van der Waals surface area contributed by atoms with Crippen LogP contribution in [0.3, 0.4) is 0 Å². The highest BCUT2D eigenvalue weighted by molar-refractivity contribution is 7.89. The first-order valence-electron chi connectivity index (χ1n) is 6.12. The Hall–Kier alpha value is -1.49. The lowest BCUT2D eigenvalue weighted by Crippen LogP contribution is -2.25. The summed E-state index contributed by atoms with van der Waals surface area (Å²) >= 11 is -1.25. The van der Waals surface area contributed by atoms with Crippen molar-refractivity contribution in [2.75, 3.05) is 7.05 Å². The van der Waals surface area contributed by atoms with Crippen LogP contribution in [0.1, 0.15) is 11.1 Å². The minimum Gasteiger partial charge on any atom is -0.593 e. The van der Waals surface area contributed by atoms with Gasteiger partial charge in [-0.1, -0.05) is 23.8 Å². The van der Waals surface area contributed by atoms with Crippen molar-refractivity contribution in [3.63, 3.8) is 0 Å². The van der Waals surface area contributed by atoms with Crippen molar-refractivity contribution in [1.82, 2.24) is 4.31 Å². The summed E-state index contributed by atoms with van der Waals surface area (Å²) in [5, 5.41) is 9.62. The first-order valence-corrected chi connectivity index (χ1v) is 7.23. The van der Waals surface area contributed by atoms with E-state index < -0.39 is 11.4 Å². The standard InChI is InChI=1S/C15H15NO2S/c1-10-3-5-13-11(7-10)9-16(2)19(18)15-8-12(17)4-6-14(13)15/h3-8,17H,9H2,1-2H3. The molecule has 0 aromatic heterocycles. The van der Waals surface area contributed by atoms with E-state index in [1.807, 2.05) is 13.1 Å². The van der Waals surface area contributed by atoms with Crippen LogP contribution in [0.25, 0.3) is 11.1 Å². The van der Waals surface area contributed by atoms with Gasteiger partial charge in [0, 0.05) is 18.7 Å². The van der Waals surface area contributed by atoms with E-state index in [1.54, 1.807) is 16.4 Å². The number of hydrogen-bond acceptors (Lipinski definition) is 3. The quantitative estimate of drug-likeness (QED) is 0.751. The first kappa shape index (κ1) is 12.5. The van der Waals surface area contributed by atoms with Crippen LogP contribution in [0, 0.1) is 6.92 Å². The van der Waals surface area contributed by atoms with Gasteiger partial charge in [-0.3, -0.25) is 0 Å².